The van der Waals surface area contributed by atoms with Crippen molar-refractivity contribution in [3.8, 4) is 22.4 Å². The molecule has 1 saturated heterocycles. The minimum absolute atomic E-state index is 0.153. The van der Waals surface area contributed by atoms with E-state index in [1.807, 2.05) is 37.3 Å². The van der Waals surface area contributed by atoms with E-state index in [1.165, 1.54) is 18.4 Å². The van der Waals surface area contributed by atoms with Crippen molar-refractivity contribution < 1.29 is 0 Å². The molecule has 2 aromatic carbocycles. The number of nitrogens with one attached hydrogen (secondary N) is 2. The Balaban J connectivity index is 1.14. The summed E-state index contributed by atoms with van der Waals surface area (Å²) in [4.78, 5) is 34.2. The van der Waals surface area contributed by atoms with Crippen molar-refractivity contribution >= 4 is 40.1 Å². The number of likely N-dealkylation sites (tertiary alicyclic amines) is 1. The summed E-state index contributed by atoms with van der Waals surface area (Å²) >= 11 is 6.80. The predicted octanol–water partition coefficient (Wildman–Crippen LogP) is 6.72. The maximum Gasteiger partial charge on any atom is 0.260 e. The van der Waals surface area contributed by atoms with Crippen LogP contribution in [0.5, 0.6) is 0 Å². The van der Waals surface area contributed by atoms with E-state index < -0.39 is 0 Å². The molecule has 0 radical (unpaired) electrons. The number of pyridine rings is 1. The van der Waals surface area contributed by atoms with Crippen molar-refractivity contribution in [3.63, 3.8) is 0 Å². The maximum atomic E-state index is 13.7. The normalized spacial score (nSPS) is 15.9. The Morgan fingerprint density at radius 3 is 2.45 bits per heavy atom. The molecule has 3 aromatic heterocycles. The van der Waals surface area contributed by atoms with Gasteiger partial charge in [-0.05, 0) is 88.5 Å². The Bertz CT molecular complexity index is 1880. The van der Waals surface area contributed by atoms with Gasteiger partial charge >= 0.3 is 0 Å². The Labute approximate surface area is 261 Å². The van der Waals surface area contributed by atoms with Gasteiger partial charge in [0.2, 0.25) is 5.95 Å². The van der Waals surface area contributed by atoms with Crippen molar-refractivity contribution in [3.05, 3.63) is 88.1 Å². The summed E-state index contributed by atoms with van der Waals surface area (Å²) in [7, 11) is 2.18. The highest BCUT2D eigenvalue weighted by molar-refractivity contribution is 6.33. The molecule has 44 heavy (non-hydrogen) atoms. The topological polar surface area (TPSA) is 101 Å². The Morgan fingerprint density at radius 2 is 1.73 bits per heavy atom. The molecule has 0 bridgehead atoms. The average Bonchev–Trinajstić information content (AvgIpc) is 3.86. The van der Waals surface area contributed by atoms with E-state index in [2.05, 4.69) is 61.8 Å². The summed E-state index contributed by atoms with van der Waals surface area (Å²) in [6.45, 7) is 4.67. The summed E-state index contributed by atoms with van der Waals surface area (Å²) < 4.78 is 1.67. The van der Waals surface area contributed by atoms with Crippen molar-refractivity contribution in [2.45, 2.75) is 51.1 Å². The number of hydrogen-bond donors (Lipinski definition) is 2. The maximum absolute atomic E-state index is 13.7. The second kappa shape index (κ2) is 12.0. The van der Waals surface area contributed by atoms with Gasteiger partial charge in [-0.3, -0.25) is 9.36 Å². The molecule has 224 valence electrons. The molecule has 10 heteroatoms. The molecular formula is C34H35ClN8O. The van der Waals surface area contributed by atoms with Crippen LogP contribution >= 0.6 is 11.6 Å². The van der Waals surface area contributed by atoms with Gasteiger partial charge in [-0.2, -0.15) is 4.98 Å². The fourth-order valence-corrected chi connectivity index (χ4v) is 6.22. The van der Waals surface area contributed by atoms with Crippen LogP contribution < -0.4 is 16.2 Å². The number of anilines is 3. The van der Waals surface area contributed by atoms with E-state index in [0.717, 1.165) is 54.1 Å². The molecule has 2 N–H and O–H groups in total. The monoisotopic (exact) mass is 606 g/mol. The molecule has 0 amide bonds. The van der Waals surface area contributed by atoms with Crippen molar-refractivity contribution in [1.82, 2.24) is 29.4 Å². The highest BCUT2D eigenvalue weighted by Crippen LogP contribution is 2.33. The van der Waals surface area contributed by atoms with Gasteiger partial charge in [0, 0.05) is 57.6 Å². The fourth-order valence-electron chi connectivity index (χ4n) is 5.94. The molecule has 7 rings (SSSR count). The summed E-state index contributed by atoms with van der Waals surface area (Å²) in [6, 6.07) is 18.5. The lowest BCUT2D eigenvalue weighted by Crippen LogP contribution is -2.29. The van der Waals surface area contributed by atoms with Gasteiger partial charge in [0.15, 0.2) is 0 Å². The molecule has 2 aliphatic rings. The van der Waals surface area contributed by atoms with Crippen LogP contribution in [0.15, 0.2) is 71.9 Å². The van der Waals surface area contributed by atoms with E-state index in [1.54, 1.807) is 17.1 Å². The molecule has 1 aliphatic heterocycles. The predicted molar refractivity (Wildman–Crippen MR) is 177 cm³/mol. The first-order valence-electron chi connectivity index (χ1n) is 15.3. The summed E-state index contributed by atoms with van der Waals surface area (Å²) in [5.41, 5.74) is 5.49. The Kier molecular flexibility index (Phi) is 7.74. The third kappa shape index (κ3) is 5.89. The van der Waals surface area contributed by atoms with Crippen LogP contribution in [-0.2, 0) is 6.54 Å². The summed E-state index contributed by atoms with van der Waals surface area (Å²) in [5.74, 6) is 1.85. The number of halogens is 1. The molecule has 1 saturated carbocycles. The van der Waals surface area contributed by atoms with Gasteiger partial charge in [-0.15, -0.1) is 0 Å². The van der Waals surface area contributed by atoms with Gasteiger partial charge in [0.1, 0.15) is 17.8 Å². The standard InChI is InChI=1S/C34H35ClN8O/c1-3-43-32-24(19-36-34(41-32)40-26-7-4-21(5-8-26)22-12-14-42(2)15-13-22)16-28(33(43)44)27-11-6-23(17-29(27)35)30-18-31(38-20-37-30)39-25-9-10-25/h4-8,11,16-20,22,25H,3,9-10,12-15H2,1-2H3,(H,36,40,41)(H,37,38,39). The van der Waals surface area contributed by atoms with E-state index >= 15 is 0 Å². The van der Waals surface area contributed by atoms with Crippen molar-refractivity contribution in [2.75, 3.05) is 30.8 Å². The third-order valence-electron chi connectivity index (χ3n) is 8.65. The van der Waals surface area contributed by atoms with Gasteiger partial charge < -0.3 is 15.5 Å². The van der Waals surface area contributed by atoms with E-state index in [9.17, 15) is 4.79 Å². The SMILES string of the molecule is CCn1c(=O)c(-c2ccc(-c3cc(NC4CC4)ncn3)cc2Cl)cc2cnc(Nc3ccc(C4CCN(C)CC4)cc3)nc21. The lowest BCUT2D eigenvalue weighted by Gasteiger charge is -2.29. The molecular weight excluding hydrogens is 572 g/mol. The first kappa shape index (κ1) is 28.4. The largest absolute Gasteiger partial charge is 0.367 e. The van der Waals surface area contributed by atoms with Crippen LogP contribution in [0.25, 0.3) is 33.4 Å². The quantitative estimate of drug-likeness (QED) is 0.201. The minimum atomic E-state index is -0.153. The number of piperidine rings is 1. The zero-order chi connectivity index (χ0) is 30.2. The Hall–Kier alpha value is -4.34. The molecule has 5 aromatic rings. The highest BCUT2D eigenvalue weighted by Gasteiger charge is 2.22. The van der Waals surface area contributed by atoms with Gasteiger partial charge in [0.25, 0.3) is 5.56 Å². The first-order valence-corrected chi connectivity index (χ1v) is 15.7. The molecule has 0 spiro atoms. The zero-order valence-electron chi connectivity index (χ0n) is 24.9. The van der Waals surface area contributed by atoms with Crippen LogP contribution in [0, 0.1) is 0 Å². The second-order valence-corrected chi connectivity index (χ2v) is 12.2. The fraction of sp³-hybridized carbons (Fsp3) is 0.324. The van der Waals surface area contributed by atoms with Gasteiger partial charge in [-0.1, -0.05) is 35.9 Å². The highest BCUT2D eigenvalue weighted by atomic mass is 35.5. The lowest BCUT2D eigenvalue weighted by atomic mass is 9.89. The zero-order valence-corrected chi connectivity index (χ0v) is 25.7. The molecule has 0 unspecified atom stereocenters. The lowest BCUT2D eigenvalue weighted by molar-refractivity contribution is 0.255. The number of fused-ring (bicyclic) bond motifs is 1. The van der Waals surface area contributed by atoms with Crippen LogP contribution in [0.3, 0.4) is 0 Å². The Morgan fingerprint density at radius 1 is 0.932 bits per heavy atom. The van der Waals surface area contributed by atoms with E-state index in [4.69, 9.17) is 16.6 Å². The third-order valence-corrected chi connectivity index (χ3v) is 8.96. The number of nitrogens with zero attached hydrogens (tertiary/aromatic N) is 6. The van der Waals surface area contributed by atoms with Crippen LogP contribution in [0.4, 0.5) is 17.5 Å². The summed E-state index contributed by atoms with van der Waals surface area (Å²) in [6.07, 6.45) is 8.00. The van der Waals surface area contributed by atoms with Crippen molar-refractivity contribution in [2.24, 2.45) is 0 Å². The molecule has 9 nitrogen and oxygen atoms in total. The molecule has 2 fully saturated rings. The molecule has 4 heterocycles. The smallest absolute Gasteiger partial charge is 0.260 e. The average molecular weight is 607 g/mol. The van der Waals surface area contributed by atoms with Crippen molar-refractivity contribution in [1.29, 1.82) is 0 Å². The second-order valence-electron chi connectivity index (χ2n) is 11.8. The van der Waals surface area contributed by atoms with Crippen LogP contribution in [0.1, 0.15) is 44.1 Å². The summed E-state index contributed by atoms with van der Waals surface area (Å²) in [5, 5.41) is 7.95. The van der Waals surface area contributed by atoms with Crippen LogP contribution in [-0.4, -0.2) is 55.6 Å². The van der Waals surface area contributed by atoms with E-state index in [-0.39, 0.29) is 5.56 Å². The number of aromatic nitrogens is 5. The minimum Gasteiger partial charge on any atom is -0.367 e. The van der Waals surface area contributed by atoms with E-state index in [0.29, 0.717) is 46.2 Å². The van der Waals surface area contributed by atoms with Crippen LogP contribution in [0.2, 0.25) is 5.02 Å². The number of hydrogen-bond acceptors (Lipinski definition) is 8. The molecule has 0 atom stereocenters. The number of rotatable bonds is 8. The van der Waals surface area contributed by atoms with Gasteiger partial charge in [-0.25, -0.2) is 15.0 Å². The molecule has 1 aliphatic carbocycles. The number of benzene rings is 2. The van der Waals surface area contributed by atoms with Gasteiger partial charge in [0.05, 0.1) is 5.69 Å². The number of aryl methyl sites for hydroxylation is 1. The first-order chi connectivity index (χ1) is 21.4.